The van der Waals surface area contributed by atoms with Crippen molar-refractivity contribution in [2.24, 2.45) is 0 Å². The molecule has 158 valence electrons. The molecule has 6 nitrogen and oxygen atoms in total. The zero-order chi connectivity index (χ0) is 22.2. The maximum absolute atomic E-state index is 13.2. The van der Waals surface area contributed by atoms with Crippen LogP contribution in [0.5, 0.6) is 0 Å². The molecule has 0 aliphatic carbocycles. The molecule has 31 heavy (non-hydrogen) atoms. The highest BCUT2D eigenvalue weighted by Gasteiger charge is 2.29. The number of carbonyl (C=O) groups excluding carboxylic acids is 2. The fourth-order valence-corrected chi connectivity index (χ4v) is 3.70. The molecular weight excluding hydrogens is 392 g/mol. The van der Waals surface area contributed by atoms with Crippen LogP contribution in [0.25, 0.3) is 27.5 Å². The molecule has 0 aliphatic heterocycles. The fraction of sp³-hybridized carbons (Fsp3) is 0.240. The SMILES string of the molecule is CCOC(=O)c1c(-c2ccccc2)c2ccccc2n2cnc(C(=O)OC(C)(C)C)c12. The Kier molecular flexibility index (Phi) is 5.23. The Morgan fingerprint density at radius 1 is 0.968 bits per heavy atom. The molecule has 0 unspecified atom stereocenters. The second-order valence-electron chi connectivity index (χ2n) is 8.17. The summed E-state index contributed by atoms with van der Waals surface area (Å²) in [6, 6.07) is 17.3. The van der Waals surface area contributed by atoms with E-state index in [2.05, 4.69) is 4.98 Å². The first-order valence-electron chi connectivity index (χ1n) is 10.2. The first-order valence-corrected chi connectivity index (χ1v) is 10.2. The molecule has 0 bridgehead atoms. The zero-order valence-corrected chi connectivity index (χ0v) is 18.0. The Morgan fingerprint density at radius 2 is 1.65 bits per heavy atom. The van der Waals surface area contributed by atoms with Crippen molar-refractivity contribution in [3.8, 4) is 11.1 Å². The van der Waals surface area contributed by atoms with Gasteiger partial charge in [0.1, 0.15) is 11.9 Å². The highest BCUT2D eigenvalue weighted by Crippen LogP contribution is 2.37. The van der Waals surface area contributed by atoms with E-state index >= 15 is 0 Å². The van der Waals surface area contributed by atoms with Crippen molar-refractivity contribution >= 4 is 28.4 Å². The van der Waals surface area contributed by atoms with Gasteiger partial charge in [0.25, 0.3) is 0 Å². The number of aromatic nitrogens is 2. The summed E-state index contributed by atoms with van der Waals surface area (Å²) in [4.78, 5) is 30.6. The van der Waals surface area contributed by atoms with E-state index in [1.807, 2.05) is 54.6 Å². The molecule has 0 radical (unpaired) electrons. The molecular formula is C25H24N2O4. The van der Waals surface area contributed by atoms with E-state index in [4.69, 9.17) is 9.47 Å². The molecule has 0 spiro atoms. The number of imidazole rings is 1. The smallest absolute Gasteiger partial charge is 0.359 e. The number of hydrogen-bond acceptors (Lipinski definition) is 5. The van der Waals surface area contributed by atoms with Gasteiger partial charge in [-0.05, 0) is 39.3 Å². The second kappa shape index (κ2) is 7.87. The Bertz CT molecular complexity index is 1280. The molecule has 6 heteroatoms. The molecule has 2 aromatic heterocycles. The van der Waals surface area contributed by atoms with Gasteiger partial charge in [0, 0.05) is 10.9 Å². The highest BCUT2D eigenvalue weighted by atomic mass is 16.6. The third-order valence-electron chi connectivity index (χ3n) is 4.82. The van der Waals surface area contributed by atoms with Crippen LogP contribution in [0, 0.1) is 0 Å². The van der Waals surface area contributed by atoms with E-state index in [-0.39, 0.29) is 12.3 Å². The van der Waals surface area contributed by atoms with Crippen LogP contribution >= 0.6 is 0 Å². The van der Waals surface area contributed by atoms with Gasteiger partial charge in [0.15, 0.2) is 5.69 Å². The molecule has 0 N–H and O–H groups in total. The van der Waals surface area contributed by atoms with Gasteiger partial charge in [-0.1, -0.05) is 48.5 Å². The number of fused-ring (bicyclic) bond motifs is 3. The number of hydrogen-bond donors (Lipinski definition) is 0. The number of ether oxygens (including phenoxy) is 2. The van der Waals surface area contributed by atoms with Crippen LogP contribution in [0.15, 0.2) is 60.9 Å². The summed E-state index contributed by atoms with van der Waals surface area (Å²) in [5.74, 6) is -1.10. The van der Waals surface area contributed by atoms with Crippen molar-refractivity contribution in [2.45, 2.75) is 33.3 Å². The molecule has 0 saturated carbocycles. The number of para-hydroxylation sites is 1. The Balaban J connectivity index is 2.15. The van der Waals surface area contributed by atoms with E-state index in [0.29, 0.717) is 16.6 Å². The van der Waals surface area contributed by atoms with Gasteiger partial charge in [-0.2, -0.15) is 0 Å². The van der Waals surface area contributed by atoms with E-state index in [0.717, 1.165) is 16.5 Å². The lowest BCUT2D eigenvalue weighted by molar-refractivity contribution is 0.00658. The van der Waals surface area contributed by atoms with E-state index in [1.54, 1.807) is 38.4 Å². The fourth-order valence-electron chi connectivity index (χ4n) is 3.70. The Morgan fingerprint density at radius 3 is 2.32 bits per heavy atom. The van der Waals surface area contributed by atoms with Crippen molar-refractivity contribution in [1.29, 1.82) is 0 Å². The topological polar surface area (TPSA) is 69.9 Å². The highest BCUT2D eigenvalue weighted by molar-refractivity contribution is 6.15. The standard InChI is InChI=1S/C25H24N2O4/c1-5-30-23(28)20-19(16-11-7-6-8-12-16)17-13-9-10-14-18(17)27-15-26-21(22(20)27)24(29)31-25(2,3)4/h6-15H,5H2,1-4H3. The minimum Gasteiger partial charge on any atom is -0.462 e. The third kappa shape index (κ3) is 3.77. The Labute approximate surface area is 180 Å². The van der Waals surface area contributed by atoms with Crippen molar-refractivity contribution in [1.82, 2.24) is 9.38 Å². The normalized spacial score (nSPS) is 11.6. The summed E-state index contributed by atoms with van der Waals surface area (Å²) < 4.78 is 12.8. The molecule has 0 saturated heterocycles. The minimum atomic E-state index is -0.698. The molecule has 2 aromatic carbocycles. The summed E-state index contributed by atoms with van der Waals surface area (Å²) in [6.07, 6.45) is 1.55. The molecule has 4 aromatic rings. The summed E-state index contributed by atoms with van der Waals surface area (Å²) in [5, 5.41) is 0.859. The van der Waals surface area contributed by atoms with E-state index in [1.165, 1.54) is 0 Å². The first kappa shape index (κ1) is 20.6. The number of rotatable bonds is 4. The van der Waals surface area contributed by atoms with E-state index < -0.39 is 17.5 Å². The molecule has 0 fully saturated rings. The number of nitrogens with zero attached hydrogens (tertiary/aromatic N) is 2. The lowest BCUT2D eigenvalue weighted by Crippen LogP contribution is -2.24. The van der Waals surface area contributed by atoms with Crippen LogP contribution in [0.2, 0.25) is 0 Å². The quantitative estimate of drug-likeness (QED) is 0.423. The van der Waals surface area contributed by atoms with Gasteiger partial charge in [-0.15, -0.1) is 0 Å². The van der Waals surface area contributed by atoms with Crippen molar-refractivity contribution in [2.75, 3.05) is 6.61 Å². The third-order valence-corrected chi connectivity index (χ3v) is 4.82. The summed E-state index contributed by atoms with van der Waals surface area (Å²) >= 11 is 0. The zero-order valence-electron chi connectivity index (χ0n) is 18.0. The molecule has 0 amide bonds. The van der Waals surface area contributed by atoms with Crippen molar-refractivity contribution in [3.63, 3.8) is 0 Å². The monoisotopic (exact) mass is 416 g/mol. The van der Waals surface area contributed by atoms with Gasteiger partial charge in [-0.25, -0.2) is 14.6 Å². The van der Waals surface area contributed by atoms with Crippen molar-refractivity contribution < 1.29 is 19.1 Å². The number of carbonyl (C=O) groups is 2. The van der Waals surface area contributed by atoms with Crippen LogP contribution in [0.3, 0.4) is 0 Å². The van der Waals surface area contributed by atoms with Crippen LogP contribution in [0.4, 0.5) is 0 Å². The van der Waals surface area contributed by atoms with Crippen LogP contribution in [-0.2, 0) is 9.47 Å². The average molecular weight is 416 g/mol. The first-order chi connectivity index (χ1) is 14.8. The second-order valence-corrected chi connectivity index (χ2v) is 8.17. The van der Waals surface area contributed by atoms with Crippen LogP contribution in [0.1, 0.15) is 48.5 Å². The summed E-state index contributed by atoms with van der Waals surface area (Å²) in [7, 11) is 0. The van der Waals surface area contributed by atoms with E-state index in [9.17, 15) is 9.59 Å². The van der Waals surface area contributed by atoms with Gasteiger partial charge in [0.05, 0.1) is 23.2 Å². The predicted octanol–water partition coefficient (Wildman–Crippen LogP) is 5.29. The maximum Gasteiger partial charge on any atom is 0.359 e. The minimum absolute atomic E-state index is 0.0842. The lowest BCUT2D eigenvalue weighted by Gasteiger charge is -2.20. The largest absolute Gasteiger partial charge is 0.462 e. The van der Waals surface area contributed by atoms with Gasteiger partial charge < -0.3 is 9.47 Å². The Hall–Kier alpha value is -3.67. The maximum atomic E-state index is 13.2. The summed E-state index contributed by atoms with van der Waals surface area (Å²) in [6.45, 7) is 7.34. The van der Waals surface area contributed by atoms with Crippen LogP contribution in [-0.4, -0.2) is 33.5 Å². The predicted molar refractivity (Wildman–Crippen MR) is 119 cm³/mol. The molecule has 0 aliphatic rings. The number of pyridine rings is 1. The van der Waals surface area contributed by atoms with Crippen molar-refractivity contribution in [3.05, 3.63) is 72.2 Å². The van der Waals surface area contributed by atoms with Gasteiger partial charge in [-0.3, -0.25) is 4.40 Å². The lowest BCUT2D eigenvalue weighted by atomic mass is 9.94. The van der Waals surface area contributed by atoms with Crippen LogP contribution < -0.4 is 0 Å². The number of esters is 2. The van der Waals surface area contributed by atoms with Gasteiger partial charge in [0.2, 0.25) is 0 Å². The number of benzene rings is 2. The molecule has 2 heterocycles. The molecule has 4 rings (SSSR count). The summed E-state index contributed by atoms with van der Waals surface area (Å²) in [5.41, 5.74) is 2.44. The van der Waals surface area contributed by atoms with Gasteiger partial charge >= 0.3 is 11.9 Å². The average Bonchev–Trinajstić information content (AvgIpc) is 3.17. The molecule has 0 atom stereocenters.